The van der Waals surface area contributed by atoms with Crippen molar-refractivity contribution in [3.63, 3.8) is 0 Å². The molecule has 2 rings (SSSR count). The number of hydrogen-bond donors (Lipinski definition) is 1. The molecule has 120 valence electrons. The van der Waals surface area contributed by atoms with Gasteiger partial charge in [-0.3, -0.25) is 9.59 Å². The fourth-order valence-electron chi connectivity index (χ4n) is 2.64. The molecule has 1 saturated heterocycles. The lowest BCUT2D eigenvalue weighted by atomic mass is 9.91. The minimum absolute atomic E-state index is 0.0480. The summed E-state index contributed by atoms with van der Waals surface area (Å²) < 4.78 is 0. The van der Waals surface area contributed by atoms with E-state index in [4.69, 9.17) is 0 Å². The number of hydrogen-bond acceptors (Lipinski definition) is 2. The van der Waals surface area contributed by atoms with Crippen LogP contribution in [0.4, 0.5) is 5.69 Å². The van der Waals surface area contributed by atoms with Crippen molar-refractivity contribution in [1.29, 1.82) is 0 Å². The number of benzene rings is 1. The molecule has 1 aromatic rings. The summed E-state index contributed by atoms with van der Waals surface area (Å²) in [4.78, 5) is 25.6. The lowest BCUT2D eigenvalue weighted by molar-refractivity contribution is -0.117. The molecule has 1 aliphatic rings. The van der Waals surface area contributed by atoms with Gasteiger partial charge in [-0.05, 0) is 48.9 Å². The molecule has 1 aliphatic heterocycles. The molecule has 0 aliphatic carbocycles. The number of nitrogens with one attached hydrogen (secondary N) is 1. The lowest BCUT2D eigenvalue weighted by Crippen LogP contribution is -2.26. The minimum atomic E-state index is -0.0480. The summed E-state index contributed by atoms with van der Waals surface area (Å²) in [6, 6.07) is 7.29. The van der Waals surface area contributed by atoms with Crippen LogP contribution in [0.15, 0.2) is 24.3 Å². The van der Waals surface area contributed by atoms with Crippen LogP contribution in [0.2, 0.25) is 0 Å². The Morgan fingerprint density at radius 1 is 1.23 bits per heavy atom. The highest BCUT2D eigenvalue weighted by molar-refractivity contribution is 5.97. The summed E-state index contributed by atoms with van der Waals surface area (Å²) >= 11 is 0. The fourth-order valence-corrected chi connectivity index (χ4v) is 2.64. The Kier molecular flexibility index (Phi) is 5.22. The van der Waals surface area contributed by atoms with Gasteiger partial charge in [-0.25, -0.2) is 0 Å². The van der Waals surface area contributed by atoms with E-state index in [1.165, 1.54) is 0 Å². The van der Waals surface area contributed by atoms with Crippen molar-refractivity contribution < 1.29 is 9.59 Å². The molecule has 4 heteroatoms. The molecule has 1 fully saturated rings. The van der Waals surface area contributed by atoms with E-state index in [2.05, 4.69) is 26.1 Å². The molecule has 0 spiro atoms. The van der Waals surface area contributed by atoms with E-state index >= 15 is 0 Å². The van der Waals surface area contributed by atoms with Crippen LogP contribution < -0.4 is 10.2 Å². The number of rotatable bonds is 5. The smallest absolute Gasteiger partial charge is 0.251 e. The number of nitrogens with zero attached hydrogens (tertiary/aromatic N) is 1. The van der Waals surface area contributed by atoms with Gasteiger partial charge in [0.1, 0.15) is 0 Å². The standard InChI is InChI=1S/C18H26N2O2/c1-18(2,3)11-5-12-19-17(22)14-7-9-15(10-8-14)20-13-4-6-16(20)21/h7-10H,4-6,11-13H2,1-3H3,(H,19,22). The first-order valence-electron chi connectivity index (χ1n) is 8.05. The molecule has 0 radical (unpaired) electrons. The van der Waals surface area contributed by atoms with Crippen LogP contribution in [-0.4, -0.2) is 24.9 Å². The molecule has 1 aromatic carbocycles. The van der Waals surface area contributed by atoms with Gasteiger partial charge in [0.05, 0.1) is 0 Å². The first kappa shape index (κ1) is 16.5. The summed E-state index contributed by atoms with van der Waals surface area (Å²) in [5.74, 6) is 0.118. The number of carbonyl (C=O) groups is 2. The van der Waals surface area contributed by atoms with Gasteiger partial charge in [-0.2, -0.15) is 0 Å². The van der Waals surface area contributed by atoms with E-state index in [0.717, 1.165) is 31.5 Å². The fraction of sp³-hybridized carbons (Fsp3) is 0.556. The average molecular weight is 302 g/mol. The second-order valence-corrected chi connectivity index (χ2v) is 7.12. The lowest BCUT2D eigenvalue weighted by Gasteiger charge is -2.18. The van der Waals surface area contributed by atoms with Gasteiger partial charge < -0.3 is 10.2 Å². The third kappa shape index (κ3) is 4.58. The summed E-state index contributed by atoms with van der Waals surface area (Å²) in [6.45, 7) is 8.08. The predicted molar refractivity (Wildman–Crippen MR) is 89.1 cm³/mol. The third-order valence-electron chi connectivity index (χ3n) is 3.90. The first-order valence-corrected chi connectivity index (χ1v) is 8.05. The average Bonchev–Trinajstić information content (AvgIpc) is 2.89. The molecule has 1 N–H and O–H groups in total. The summed E-state index contributed by atoms with van der Waals surface area (Å²) in [7, 11) is 0. The summed E-state index contributed by atoms with van der Waals surface area (Å²) in [5, 5.41) is 2.95. The highest BCUT2D eigenvalue weighted by atomic mass is 16.2. The van der Waals surface area contributed by atoms with Crippen molar-refractivity contribution in [3.05, 3.63) is 29.8 Å². The Morgan fingerprint density at radius 2 is 1.91 bits per heavy atom. The SMILES string of the molecule is CC(C)(C)CCCNC(=O)c1ccc(N2CCCC2=O)cc1. The summed E-state index contributed by atoms with van der Waals surface area (Å²) in [5.41, 5.74) is 1.83. The second-order valence-electron chi connectivity index (χ2n) is 7.12. The van der Waals surface area contributed by atoms with Crippen LogP contribution in [-0.2, 0) is 4.79 Å². The van der Waals surface area contributed by atoms with Crippen molar-refractivity contribution in [2.75, 3.05) is 18.0 Å². The zero-order valence-corrected chi connectivity index (χ0v) is 13.8. The summed E-state index contributed by atoms with van der Waals surface area (Å²) in [6.07, 6.45) is 3.60. The van der Waals surface area contributed by atoms with Crippen LogP contribution in [0.5, 0.6) is 0 Å². The Labute approximate surface area is 132 Å². The second kappa shape index (κ2) is 6.95. The Balaban J connectivity index is 1.85. The monoisotopic (exact) mass is 302 g/mol. The molecule has 0 bridgehead atoms. The zero-order valence-electron chi connectivity index (χ0n) is 13.8. The highest BCUT2D eigenvalue weighted by Crippen LogP contribution is 2.22. The molecule has 1 heterocycles. The van der Waals surface area contributed by atoms with Crippen molar-refractivity contribution >= 4 is 17.5 Å². The molecular weight excluding hydrogens is 276 g/mol. The molecule has 2 amide bonds. The van der Waals surface area contributed by atoms with E-state index in [1.807, 2.05) is 12.1 Å². The van der Waals surface area contributed by atoms with Gasteiger partial charge in [0.15, 0.2) is 0 Å². The maximum atomic E-state index is 12.1. The van der Waals surface area contributed by atoms with E-state index in [0.29, 0.717) is 23.9 Å². The van der Waals surface area contributed by atoms with Gasteiger partial charge in [0.2, 0.25) is 5.91 Å². The topological polar surface area (TPSA) is 49.4 Å². The van der Waals surface area contributed by atoms with Crippen LogP contribution in [0.25, 0.3) is 0 Å². The van der Waals surface area contributed by atoms with E-state index < -0.39 is 0 Å². The van der Waals surface area contributed by atoms with E-state index in [-0.39, 0.29) is 11.8 Å². The Morgan fingerprint density at radius 3 is 2.45 bits per heavy atom. The third-order valence-corrected chi connectivity index (χ3v) is 3.90. The molecule has 0 aromatic heterocycles. The molecular formula is C18H26N2O2. The Hall–Kier alpha value is -1.84. The minimum Gasteiger partial charge on any atom is -0.352 e. The van der Waals surface area contributed by atoms with Crippen LogP contribution in [0.1, 0.15) is 56.8 Å². The predicted octanol–water partition coefficient (Wildman–Crippen LogP) is 3.37. The maximum absolute atomic E-state index is 12.1. The van der Waals surface area contributed by atoms with Crippen molar-refractivity contribution in [2.24, 2.45) is 5.41 Å². The Bertz CT molecular complexity index is 529. The molecule has 0 atom stereocenters. The largest absolute Gasteiger partial charge is 0.352 e. The van der Waals surface area contributed by atoms with E-state index in [9.17, 15) is 9.59 Å². The number of anilines is 1. The first-order chi connectivity index (χ1) is 10.4. The molecule has 0 unspecified atom stereocenters. The van der Waals surface area contributed by atoms with Crippen molar-refractivity contribution in [1.82, 2.24) is 5.32 Å². The van der Waals surface area contributed by atoms with E-state index in [1.54, 1.807) is 17.0 Å². The van der Waals surface area contributed by atoms with Gasteiger partial charge in [-0.15, -0.1) is 0 Å². The number of carbonyl (C=O) groups excluding carboxylic acids is 2. The maximum Gasteiger partial charge on any atom is 0.251 e. The van der Waals surface area contributed by atoms with Crippen LogP contribution >= 0.6 is 0 Å². The van der Waals surface area contributed by atoms with Gasteiger partial charge in [0.25, 0.3) is 5.91 Å². The zero-order chi connectivity index (χ0) is 16.2. The molecule has 4 nitrogen and oxygen atoms in total. The van der Waals surface area contributed by atoms with Gasteiger partial charge >= 0.3 is 0 Å². The van der Waals surface area contributed by atoms with Crippen LogP contribution in [0, 0.1) is 5.41 Å². The van der Waals surface area contributed by atoms with Crippen molar-refractivity contribution in [2.45, 2.75) is 46.5 Å². The molecule has 0 saturated carbocycles. The quantitative estimate of drug-likeness (QED) is 0.848. The van der Waals surface area contributed by atoms with Crippen LogP contribution in [0.3, 0.4) is 0 Å². The normalized spacial score (nSPS) is 15.2. The highest BCUT2D eigenvalue weighted by Gasteiger charge is 2.21. The number of amides is 2. The van der Waals surface area contributed by atoms with Crippen molar-refractivity contribution in [3.8, 4) is 0 Å². The van der Waals surface area contributed by atoms with Gasteiger partial charge in [-0.1, -0.05) is 20.8 Å². The molecule has 22 heavy (non-hydrogen) atoms. The van der Waals surface area contributed by atoms with Gasteiger partial charge in [0, 0.05) is 30.8 Å².